The van der Waals surface area contributed by atoms with Crippen molar-refractivity contribution in [2.45, 2.75) is 24.7 Å². The van der Waals surface area contributed by atoms with Crippen LogP contribution < -0.4 is 14.8 Å². The first-order valence-corrected chi connectivity index (χ1v) is 8.38. The van der Waals surface area contributed by atoms with Crippen LogP contribution in [0.3, 0.4) is 0 Å². The lowest BCUT2D eigenvalue weighted by atomic mass is 9.97. The van der Waals surface area contributed by atoms with Gasteiger partial charge in [-0.1, -0.05) is 30.3 Å². The Balaban J connectivity index is 2.25. The Labute approximate surface area is 157 Å². The summed E-state index contributed by atoms with van der Waals surface area (Å²) in [4.78, 5) is 23.6. The molecule has 0 radical (unpaired) electrons. The fraction of sp³-hybridized carbons (Fsp3) is 0.300. The lowest BCUT2D eigenvalue weighted by Crippen LogP contribution is -2.50. The van der Waals surface area contributed by atoms with E-state index in [0.29, 0.717) is 11.5 Å². The van der Waals surface area contributed by atoms with E-state index < -0.39 is 24.2 Å². The number of methoxy groups -OCH3 is 2. The Morgan fingerprint density at radius 1 is 1.11 bits per heavy atom. The van der Waals surface area contributed by atoms with Gasteiger partial charge in [0.2, 0.25) is 0 Å². The summed E-state index contributed by atoms with van der Waals surface area (Å²) in [6.07, 6.45) is -2.60. The van der Waals surface area contributed by atoms with Crippen LogP contribution in [0.2, 0.25) is 0 Å². The fourth-order valence-electron chi connectivity index (χ4n) is 2.68. The van der Waals surface area contributed by atoms with Gasteiger partial charge in [0, 0.05) is 6.07 Å². The number of aldehydes is 1. The van der Waals surface area contributed by atoms with Gasteiger partial charge in [-0.05, 0) is 24.1 Å². The minimum Gasteiger partial charge on any atom is -0.497 e. The minimum absolute atomic E-state index is 0.233. The second-order valence-corrected chi connectivity index (χ2v) is 5.95. The number of aliphatic hydroxyl groups is 2. The van der Waals surface area contributed by atoms with Crippen molar-refractivity contribution in [1.82, 2.24) is 5.32 Å². The highest BCUT2D eigenvalue weighted by atomic mass is 16.5. The molecule has 0 bridgehead atoms. The Kier molecular flexibility index (Phi) is 7.34. The van der Waals surface area contributed by atoms with E-state index in [-0.39, 0.29) is 18.3 Å². The molecule has 0 unspecified atom stereocenters. The number of hydrogen-bond acceptors (Lipinski definition) is 6. The Hall–Kier alpha value is -2.90. The highest BCUT2D eigenvalue weighted by molar-refractivity contribution is 5.97. The van der Waals surface area contributed by atoms with E-state index in [4.69, 9.17) is 9.47 Å². The second kappa shape index (κ2) is 9.70. The van der Waals surface area contributed by atoms with Crippen LogP contribution in [0.25, 0.3) is 0 Å². The number of ether oxygens (including phenoxy) is 2. The Morgan fingerprint density at radius 2 is 1.81 bits per heavy atom. The molecule has 2 rings (SSSR count). The van der Waals surface area contributed by atoms with Crippen molar-refractivity contribution >= 4 is 12.2 Å². The van der Waals surface area contributed by atoms with Gasteiger partial charge in [0.25, 0.3) is 5.91 Å². The van der Waals surface area contributed by atoms with Crippen LogP contribution in [0.4, 0.5) is 0 Å². The molecule has 1 amide bonds. The molecule has 0 spiro atoms. The molecular formula is C20H23NO6. The van der Waals surface area contributed by atoms with Gasteiger partial charge in [-0.15, -0.1) is 0 Å². The molecule has 2 aromatic carbocycles. The number of hydrogen-bond donors (Lipinski definition) is 3. The molecule has 0 saturated carbocycles. The van der Waals surface area contributed by atoms with E-state index in [0.717, 1.165) is 5.56 Å². The van der Waals surface area contributed by atoms with Gasteiger partial charge in [0.1, 0.15) is 23.7 Å². The topological polar surface area (TPSA) is 105 Å². The number of carbonyl (C=O) groups is 2. The van der Waals surface area contributed by atoms with Crippen LogP contribution in [0.15, 0.2) is 48.5 Å². The molecule has 0 aliphatic carbocycles. The van der Waals surface area contributed by atoms with Gasteiger partial charge in [0.05, 0.1) is 25.8 Å². The summed E-state index contributed by atoms with van der Waals surface area (Å²) < 4.78 is 10.3. The average Bonchev–Trinajstić information content (AvgIpc) is 2.72. The number of carbonyl (C=O) groups excluding carboxylic acids is 2. The third kappa shape index (κ3) is 5.29. The summed E-state index contributed by atoms with van der Waals surface area (Å²) in [6, 6.07) is 13.0. The first-order valence-electron chi connectivity index (χ1n) is 8.38. The van der Waals surface area contributed by atoms with Crippen molar-refractivity contribution in [3.8, 4) is 11.5 Å². The molecule has 3 atom stereocenters. The molecule has 3 N–H and O–H groups in total. The zero-order valence-corrected chi connectivity index (χ0v) is 15.2. The Morgan fingerprint density at radius 3 is 2.41 bits per heavy atom. The van der Waals surface area contributed by atoms with Crippen LogP contribution in [-0.2, 0) is 11.2 Å². The lowest BCUT2D eigenvalue weighted by Gasteiger charge is -2.26. The van der Waals surface area contributed by atoms with Crippen molar-refractivity contribution in [1.29, 1.82) is 0 Å². The highest BCUT2D eigenvalue weighted by Gasteiger charge is 2.29. The molecule has 7 heteroatoms. The zero-order chi connectivity index (χ0) is 19.8. The number of amides is 1. The maximum atomic E-state index is 12.7. The molecule has 0 aromatic heterocycles. The van der Waals surface area contributed by atoms with Crippen LogP contribution in [-0.4, -0.2) is 54.9 Å². The monoisotopic (exact) mass is 373 g/mol. The number of aliphatic hydroxyl groups excluding tert-OH is 2. The van der Waals surface area contributed by atoms with Crippen LogP contribution >= 0.6 is 0 Å². The summed E-state index contributed by atoms with van der Waals surface area (Å²) in [7, 11) is 2.93. The second-order valence-electron chi connectivity index (χ2n) is 5.95. The molecule has 7 nitrogen and oxygen atoms in total. The average molecular weight is 373 g/mol. The third-order valence-corrected chi connectivity index (χ3v) is 4.17. The van der Waals surface area contributed by atoms with Crippen molar-refractivity contribution in [3.63, 3.8) is 0 Å². The zero-order valence-electron chi connectivity index (χ0n) is 15.2. The van der Waals surface area contributed by atoms with Gasteiger partial charge < -0.3 is 29.8 Å². The van der Waals surface area contributed by atoms with Gasteiger partial charge >= 0.3 is 0 Å². The molecular weight excluding hydrogens is 350 g/mol. The van der Waals surface area contributed by atoms with E-state index in [1.54, 1.807) is 12.1 Å². The summed E-state index contributed by atoms with van der Waals surface area (Å²) in [5.74, 6) is 0.323. The highest BCUT2D eigenvalue weighted by Crippen LogP contribution is 2.24. The molecule has 0 fully saturated rings. The summed E-state index contributed by atoms with van der Waals surface area (Å²) in [5, 5.41) is 22.7. The van der Waals surface area contributed by atoms with E-state index in [9.17, 15) is 19.8 Å². The minimum atomic E-state index is -1.61. The maximum absolute atomic E-state index is 12.7. The van der Waals surface area contributed by atoms with E-state index in [1.165, 1.54) is 20.3 Å². The number of nitrogens with one attached hydrogen (secondary N) is 1. The molecule has 0 saturated heterocycles. The van der Waals surface area contributed by atoms with Crippen molar-refractivity contribution in [2.75, 3.05) is 14.2 Å². The van der Waals surface area contributed by atoms with Gasteiger partial charge in [-0.3, -0.25) is 4.79 Å². The van der Waals surface area contributed by atoms with Crippen LogP contribution in [0, 0.1) is 0 Å². The van der Waals surface area contributed by atoms with Gasteiger partial charge in [0.15, 0.2) is 6.29 Å². The molecule has 2 aromatic rings. The van der Waals surface area contributed by atoms with Crippen LogP contribution in [0.1, 0.15) is 15.9 Å². The van der Waals surface area contributed by atoms with E-state index in [1.807, 2.05) is 30.3 Å². The molecule has 0 aliphatic rings. The van der Waals surface area contributed by atoms with E-state index in [2.05, 4.69) is 5.32 Å². The normalized spacial score (nSPS) is 13.9. The smallest absolute Gasteiger partial charge is 0.255 e. The Bertz CT molecular complexity index is 764. The largest absolute Gasteiger partial charge is 0.497 e. The van der Waals surface area contributed by atoms with Gasteiger partial charge in [-0.25, -0.2) is 0 Å². The maximum Gasteiger partial charge on any atom is 0.255 e. The fourth-order valence-corrected chi connectivity index (χ4v) is 2.68. The van der Waals surface area contributed by atoms with Crippen LogP contribution in [0.5, 0.6) is 11.5 Å². The number of rotatable bonds is 9. The molecule has 0 heterocycles. The standard InChI is InChI=1S/C20H23NO6/c1-26-14-8-9-15(18(11-14)27-2)20(25)21-16(19(24)17(23)12-22)10-13-6-4-3-5-7-13/h3-9,11-12,16-17,19,23-24H,10H2,1-2H3,(H,21,25)/t16-,17-,19-/m0/s1. The first-order chi connectivity index (χ1) is 13.0. The summed E-state index contributed by atoms with van der Waals surface area (Å²) in [5.41, 5.74) is 1.07. The van der Waals surface area contributed by atoms with Crippen molar-refractivity contribution in [2.24, 2.45) is 0 Å². The molecule has 27 heavy (non-hydrogen) atoms. The molecule has 0 aliphatic heterocycles. The third-order valence-electron chi connectivity index (χ3n) is 4.17. The summed E-state index contributed by atoms with van der Waals surface area (Å²) >= 11 is 0. The summed E-state index contributed by atoms with van der Waals surface area (Å²) in [6.45, 7) is 0. The first kappa shape index (κ1) is 20.4. The van der Waals surface area contributed by atoms with E-state index >= 15 is 0 Å². The predicted molar refractivity (Wildman–Crippen MR) is 99.0 cm³/mol. The van der Waals surface area contributed by atoms with Gasteiger partial charge in [-0.2, -0.15) is 0 Å². The predicted octanol–water partition coefficient (Wildman–Crippen LogP) is 0.966. The van der Waals surface area contributed by atoms with Crippen molar-refractivity contribution in [3.05, 3.63) is 59.7 Å². The SMILES string of the molecule is COc1ccc(C(=O)N[C@@H](Cc2ccccc2)[C@H](O)[C@@H](O)C=O)c(OC)c1. The quantitative estimate of drug-likeness (QED) is 0.566. The molecule has 144 valence electrons. The number of benzene rings is 2. The van der Waals surface area contributed by atoms with Crippen molar-refractivity contribution < 1.29 is 29.3 Å². The lowest BCUT2D eigenvalue weighted by molar-refractivity contribution is -0.121.